The molecule has 5 nitrogen and oxygen atoms in total. The standard InChI is InChI=1S/C12H16N2O3S/c13-11-2-1-9(7-10(11)12(15)16)14-8-3-5-18(17)6-4-8/h1-2,7-8,14H,3-6,13H2,(H,15,16). The van der Waals surface area contributed by atoms with Crippen molar-refractivity contribution in [3.63, 3.8) is 0 Å². The molecule has 0 saturated carbocycles. The molecular weight excluding hydrogens is 252 g/mol. The highest BCUT2D eigenvalue weighted by Gasteiger charge is 2.18. The largest absolute Gasteiger partial charge is 0.478 e. The number of hydrogen-bond donors (Lipinski definition) is 3. The summed E-state index contributed by atoms with van der Waals surface area (Å²) < 4.78 is 11.2. The van der Waals surface area contributed by atoms with Gasteiger partial charge in [0.25, 0.3) is 0 Å². The maximum absolute atomic E-state index is 11.2. The molecule has 1 fully saturated rings. The predicted molar refractivity (Wildman–Crippen MR) is 72.3 cm³/mol. The molecule has 1 saturated heterocycles. The molecule has 0 aliphatic carbocycles. The van der Waals surface area contributed by atoms with Crippen LogP contribution in [0.2, 0.25) is 0 Å². The number of carboxylic acid groups (broad SMARTS) is 1. The number of aromatic carboxylic acids is 1. The van der Waals surface area contributed by atoms with Crippen molar-refractivity contribution in [2.24, 2.45) is 0 Å². The van der Waals surface area contributed by atoms with Crippen LogP contribution >= 0.6 is 0 Å². The van der Waals surface area contributed by atoms with Crippen molar-refractivity contribution < 1.29 is 14.1 Å². The monoisotopic (exact) mass is 268 g/mol. The fourth-order valence-electron chi connectivity index (χ4n) is 2.01. The van der Waals surface area contributed by atoms with E-state index in [0.717, 1.165) is 18.5 Å². The number of nitrogen functional groups attached to an aromatic ring is 1. The first-order valence-corrected chi connectivity index (χ1v) is 7.29. The Morgan fingerprint density at radius 2 is 2.06 bits per heavy atom. The molecule has 0 aromatic heterocycles. The molecule has 1 heterocycles. The number of hydrogen-bond acceptors (Lipinski definition) is 4. The first-order chi connectivity index (χ1) is 8.56. The summed E-state index contributed by atoms with van der Waals surface area (Å²) in [6.07, 6.45) is 1.69. The maximum atomic E-state index is 11.2. The van der Waals surface area contributed by atoms with E-state index in [9.17, 15) is 9.00 Å². The van der Waals surface area contributed by atoms with Crippen LogP contribution in [0.25, 0.3) is 0 Å². The Hall–Kier alpha value is -1.56. The number of carboxylic acids is 1. The van der Waals surface area contributed by atoms with Crippen LogP contribution in [0, 0.1) is 0 Å². The number of benzene rings is 1. The van der Waals surface area contributed by atoms with E-state index in [1.165, 1.54) is 0 Å². The van der Waals surface area contributed by atoms with Gasteiger partial charge in [-0.1, -0.05) is 0 Å². The highest BCUT2D eigenvalue weighted by Crippen LogP contribution is 2.21. The van der Waals surface area contributed by atoms with Gasteiger partial charge in [-0.05, 0) is 31.0 Å². The molecule has 1 aliphatic heterocycles. The molecular formula is C12H16N2O3S. The van der Waals surface area contributed by atoms with E-state index in [-0.39, 0.29) is 17.3 Å². The fourth-order valence-corrected chi connectivity index (χ4v) is 3.30. The Balaban J connectivity index is 2.07. The van der Waals surface area contributed by atoms with Crippen molar-refractivity contribution in [3.05, 3.63) is 23.8 Å². The third-order valence-corrected chi connectivity index (χ3v) is 4.42. The Morgan fingerprint density at radius 3 is 2.67 bits per heavy atom. The van der Waals surface area contributed by atoms with Crippen LogP contribution in [0.1, 0.15) is 23.2 Å². The molecule has 1 aromatic carbocycles. The van der Waals surface area contributed by atoms with Gasteiger partial charge in [0, 0.05) is 39.7 Å². The summed E-state index contributed by atoms with van der Waals surface area (Å²) in [6.45, 7) is 0. The summed E-state index contributed by atoms with van der Waals surface area (Å²) >= 11 is 0. The quantitative estimate of drug-likeness (QED) is 0.718. The lowest BCUT2D eigenvalue weighted by molar-refractivity contribution is 0.0698. The molecule has 1 aliphatic rings. The topological polar surface area (TPSA) is 92.4 Å². The van der Waals surface area contributed by atoms with Crippen molar-refractivity contribution in [3.8, 4) is 0 Å². The van der Waals surface area contributed by atoms with Crippen molar-refractivity contribution in [2.75, 3.05) is 22.6 Å². The van der Waals surface area contributed by atoms with E-state index >= 15 is 0 Å². The Morgan fingerprint density at radius 1 is 1.39 bits per heavy atom. The molecule has 0 atom stereocenters. The lowest BCUT2D eigenvalue weighted by Crippen LogP contribution is -2.29. The smallest absolute Gasteiger partial charge is 0.337 e. The summed E-state index contributed by atoms with van der Waals surface area (Å²) in [5.74, 6) is 0.387. The van der Waals surface area contributed by atoms with Gasteiger partial charge in [-0.15, -0.1) is 0 Å². The van der Waals surface area contributed by atoms with E-state index in [1.807, 2.05) is 0 Å². The molecule has 0 radical (unpaired) electrons. The van der Waals surface area contributed by atoms with Crippen molar-refractivity contribution in [1.82, 2.24) is 0 Å². The zero-order valence-electron chi connectivity index (χ0n) is 9.89. The second-order valence-corrected chi connectivity index (χ2v) is 6.07. The second-order valence-electron chi connectivity index (χ2n) is 4.37. The van der Waals surface area contributed by atoms with Gasteiger partial charge in [0.15, 0.2) is 0 Å². The fraction of sp³-hybridized carbons (Fsp3) is 0.417. The number of nitrogens with one attached hydrogen (secondary N) is 1. The lowest BCUT2D eigenvalue weighted by atomic mass is 10.1. The second kappa shape index (κ2) is 5.39. The minimum Gasteiger partial charge on any atom is -0.478 e. The van der Waals surface area contributed by atoms with Gasteiger partial charge >= 0.3 is 5.97 Å². The SMILES string of the molecule is Nc1ccc(NC2CCS(=O)CC2)cc1C(=O)O. The van der Waals surface area contributed by atoms with E-state index in [2.05, 4.69) is 5.32 Å². The van der Waals surface area contributed by atoms with E-state index in [0.29, 0.717) is 11.5 Å². The number of rotatable bonds is 3. The highest BCUT2D eigenvalue weighted by atomic mass is 32.2. The van der Waals surface area contributed by atoms with Crippen molar-refractivity contribution >= 4 is 28.1 Å². The molecule has 0 unspecified atom stereocenters. The van der Waals surface area contributed by atoms with Crippen LogP contribution in [0.3, 0.4) is 0 Å². The molecule has 1 aromatic rings. The minimum absolute atomic E-state index is 0.111. The summed E-state index contributed by atoms with van der Waals surface area (Å²) in [5.41, 5.74) is 6.71. The van der Waals surface area contributed by atoms with E-state index < -0.39 is 16.8 Å². The average molecular weight is 268 g/mol. The molecule has 98 valence electrons. The van der Waals surface area contributed by atoms with Gasteiger partial charge in [-0.3, -0.25) is 4.21 Å². The van der Waals surface area contributed by atoms with Crippen LogP contribution in [0.5, 0.6) is 0 Å². The van der Waals surface area contributed by atoms with Gasteiger partial charge in [-0.2, -0.15) is 0 Å². The lowest BCUT2D eigenvalue weighted by Gasteiger charge is -2.23. The Bertz CT molecular complexity index is 480. The molecule has 18 heavy (non-hydrogen) atoms. The van der Waals surface area contributed by atoms with E-state index in [4.69, 9.17) is 10.8 Å². The molecule has 6 heteroatoms. The van der Waals surface area contributed by atoms with Crippen LogP contribution in [-0.4, -0.2) is 32.8 Å². The van der Waals surface area contributed by atoms with Crippen LogP contribution < -0.4 is 11.1 Å². The Kier molecular flexibility index (Phi) is 3.86. The normalized spacial score (nSPS) is 23.6. The molecule has 4 N–H and O–H groups in total. The van der Waals surface area contributed by atoms with Crippen molar-refractivity contribution in [1.29, 1.82) is 0 Å². The van der Waals surface area contributed by atoms with Crippen LogP contribution in [0.15, 0.2) is 18.2 Å². The van der Waals surface area contributed by atoms with Gasteiger partial charge < -0.3 is 16.2 Å². The first-order valence-electron chi connectivity index (χ1n) is 5.80. The summed E-state index contributed by atoms with van der Waals surface area (Å²) in [4.78, 5) is 11.0. The molecule has 2 rings (SSSR count). The number of carbonyl (C=O) groups is 1. The minimum atomic E-state index is -1.03. The summed E-state index contributed by atoms with van der Waals surface area (Å²) in [7, 11) is -0.688. The van der Waals surface area contributed by atoms with Gasteiger partial charge in [0.1, 0.15) is 0 Å². The third-order valence-electron chi connectivity index (χ3n) is 3.04. The number of anilines is 2. The van der Waals surface area contributed by atoms with Gasteiger partial charge in [0.2, 0.25) is 0 Å². The molecule has 0 spiro atoms. The maximum Gasteiger partial charge on any atom is 0.337 e. The summed E-state index contributed by atoms with van der Waals surface area (Å²) in [6, 6.07) is 5.16. The van der Waals surface area contributed by atoms with Gasteiger partial charge in [-0.25, -0.2) is 4.79 Å². The zero-order valence-corrected chi connectivity index (χ0v) is 10.7. The third kappa shape index (κ3) is 3.01. The first kappa shape index (κ1) is 12.9. The molecule has 0 bridgehead atoms. The Labute approximate surface area is 108 Å². The average Bonchev–Trinajstić information content (AvgIpc) is 2.34. The summed E-state index contributed by atoms with van der Waals surface area (Å²) in [5, 5.41) is 12.3. The predicted octanol–water partition coefficient (Wildman–Crippen LogP) is 1.29. The molecule has 0 amide bonds. The van der Waals surface area contributed by atoms with Gasteiger partial charge in [0.05, 0.1) is 5.56 Å². The zero-order chi connectivity index (χ0) is 13.1. The number of nitrogens with two attached hydrogens (primary N) is 1. The van der Waals surface area contributed by atoms with Crippen molar-refractivity contribution in [2.45, 2.75) is 18.9 Å². The highest BCUT2D eigenvalue weighted by molar-refractivity contribution is 7.85. The van der Waals surface area contributed by atoms with Crippen LogP contribution in [-0.2, 0) is 10.8 Å². The van der Waals surface area contributed by atoms with Crippen LogP contribution in [0.4, 0.5) is 11.4 Å². The van der Waals surface area contributed by atoms with E-state index in [1.54, 1.807) is 18.2 Å².